The number of carboxylic acids is 1. The van der Waals surface area contributed by atoms with Gasteiger partial charge in [-0.15, -0.1) is 0 Å². The third kappa shape index (κ3) is 2.39. The number of aromatic nitrogens is 2. The lowest BCUT2D eigenvalue weighted by atomic mass is 9.96. The number of nitrogens with zero attached hydrogens (tertiary/aromatic N) is 1. The summed E-state index contributed by atoms with van der Waals surface area (Å²) in [6.07, 6.45) is 2.28. The lowest BCUT2D eigenvalue weighted by molar-refractivity contribution is -0.142. The Morgan fingerprint density at radius 3 is 2.76 bits per heavy atom. The van der Waals surface area contributed by atoms with Crippen molar-refractivity contribution in [3.8, 4) is 0 Å². The molecular weight excluding hydrogens is 278 g/mol. The Labute approximate surface area is 120 Å². The van der Waals surface area contributed by atoms with Crippen molar-refractivity contribution in [1.29, 1.82) is 0 Å². The Balaban J connectivity index is 2.00. The first-order chi connectivity index (χ1) is 9.99. The van der Waals surface area contributed by atoms with Gasteiger partial charge in [-0.25, -0.2) is 13.8 Å². The van der Waals surface area contributed by atoms with Crippen LogP contribution in [0.25, 0.3) is 11.0 Å². The third-order valence-corrected chi connectivity index (χ3v) is 4.45. The summed E-state index contributed by atoms with van der Waals surface area (Å²) in [6.45, 7) is 2.04. The lowest BCUT2D eigenvalue weighted by Gasteiger charge is -2.12. The van der Waals surface area contributed by atoms with E-state index in [1.165, 1.54) is 0 Å². The van der Waals surface area contributed by atoms with Gasteiger partial charge < -0.3 is 10.1 Å². The second-order valence-electron chi connectivity index (χ2n) is 5.70. The molecule has 3 atom stereocenters. The summed E-state index contributed by atoms with van der Waals surface area (Å²) in [6, 6.07) is 2.09. The van der Waals surface area contributed by atoms with Crippen LogP contribution in [0.15, 0.2) is 12.1 Å². The molecule has 1 aliphatic rings. The minimum atomic E-state index is -0.951. The maximum absolute atomic E-state index is 13.2. The number of carboxylic acid groups (broad SMARTS) is 1. The van der Waals surface area contributed by atoms with Crippen molar-refractivity contribution in [3.63, 3.8) is 0 Å². The van der Waals surface area contributed by atoms with Crippen LogP contribution in [0.2, 0.25) is 0 Å². The van der Waals surface area contributed by atoms with Gasteiger partial charge >= 0.3 is 5.97 Å². The van der Waals surface area contributed by atoms with Gasteiger partial charge in [0.2, 0.25) is 0 Å². The van der Waals surface area contributed by atoms with Crippen LogP contribution < -0.4 is 0 Å². The normalized spacial score (nSPS) is 25.6. The summed E-state index contributed by atoms with van der Waals surface area (Å²) in [5.74, 6) is -2.60. The average molecular weight is 294 g/mol. The molecule has 6 heteroatoms. The molecule has 3 rings (SSSR count). The van der Waals surface area contributed by atoms with E-state index in [4.69, 9.17) is 0 Å². The molecule has 0 radical (unpaired) electrons. The second kappa shape index (κ2) is 5.09. The van der Waals surface area contributed by atoms with Crippen LogP contribution in [0.3, 0.4) is 0 Å². The molecule has 1 aromatic carbocycles. The molecule has 1 saturated carbocycles. The number of carbonyl (C=O) groups is 1. The van der Waals surface area contributed by atoms with Crippen LogP contribution in [-0.2, 0) is 4.79 Å². The molecule has 0 aliphatic heterocycles. The number of fused-ring (bicyclic) bond motifs is 1. The molecule has 1 fully saturated rings. The molecule has 0 amide bonds. The van der Waals surface area contributed by atoms with E-state index in [0.29, 0.717) is 29.2 Å². The van der Waals surface area contributed by atoms with Crippen LogP contribution >= 0.6 is 0 Å². The van der Waals surface area contributed by atoms with Crippen molar-refractivity contribution < 1.29 is 18.7 Å². The van der Waals surface area contributed by atoms with Crippen molar-refractivity contribution in [3.05, 3.63) is 29.6 Å². The molecule has 0 spiro atoms. The SMILES string of the molecule is CCC1CC(C(=O)O)C(c2nc3cc(F)c(F)cc3[nH]2)C1. The topological polar surface area (TPSA) is 66.0 Å². The molecule has 0 bridgehead atoms. The Bertz CT molecular complexity index is 659. The van der Waals surface area contributed by atoms with Crippen LogP contribution in [0, 0.1) is 23.5 Å². The molecule has 112 valence electrons. The number of halogens is 2. The molecule has 1 aliphatic carbocycles. The van der Waals surface area contributed by atoms with E-state index < -0.39 is 23.5 Å². The lowest BCUT2D eigenvalue weighted by Crippen LogP contribution is -2.17. The van der Waals surface area contributed by atoms with Crippen LogP contribution in [0.1, 0.15) is 37.9 Å². The summed E-state index contributed by atoms with van der Waals surface area (Å²) in [5, 5.41) is 9.36. The first-order valence-corrected chi connectivity index (χ1v) is 7.07. The Morgan fingerprint density at radius 1 is 1.38 bits per heavy atom. The molecule has 1 heterocycles. The zero-order chi connectivity index (χ0) is 15.1. The van der Waals surface area contributed by atoms with Crippen LogP contribution in [-0.4, -0.2) is 21.0 Å². The number of H-pyrrole nitrogens is 1. The zero-order valence-electron chi connectivity index (χ0n) is 11.6. The van der Waals surface area contributed by atoms with E-state index in [9.17, 15) is 18.7 Å². The van der Waals surface area contributed by atoms with Crippen LogP contribution in [0.5, 0.6) is 0 Å². The number of hydrogen-bond donors (Lipinski definition) is 2. The first-order valence-electron chi connectivity index (χ1n) is 7.07. The van der Waals surface area contributed by atoms with Crippen molar-refractivity contribution in [2.24, 2.45) is 11.8 Å². The van der Waals surface area contributed by atoms with Gasteiger partial charge in [-0.2, -0.15) is 0 Å². The van der Waals surface area contributed by atoms with Crippen LogP contribution in [0.4, 0.5) is 8.78 Å². The summed E-state index contributed by atoms with van der Waals surface area (Å²) in [5.41, 5.74) is 0.723. The minimum absolute atomic E-state index is 0.231. The minimum Gasteiger partial charge on any atom is -0.481 e. The van der Waals surface area contributed by atoms with E-state index in [1.807, 2.05) is 6.92 Å². The van der Waals surface area contributed by atoms with E-state index in [0.717, 1.165) is 25.0 Å². The molecule has 1 aromatic heterocycles. The summed E-state index contributed by atoms with van der Waals surface area (Å²) >= 11 is 0. The van der Waals surface area contributed by atoms with E-state index in [2.05, 4.69) is 9.97 Å². The molecule has 2 N–H and O–H groups in total. The smallest absolute Gasteiger partial charge is 0.307 e. The van der Waals surface area contributed by atoms with Crippen molar-refractivity contribution in [2.45, 2.75) is 32.1 Å². The predicted molar refractivity (Wildman–Crippen MR) is 72.9 cm³/mol. The molecule has 3 unspecified atom stereocenters. The van der Waals surface area contributed by atoms with E-state index >= 15 is 0 Å². The maximum Gasteiger partial charge on any atom is 0.307 e. The zero-order valence-corrected chi connectivity index (χ0v) is 11.6. The fourth-order valence-electron chi connectivity index (χ4n) is 3.25. The van der Waals surface area contributed by atoms with Gasteiger partial charge in [0.15, 0.2) is 11.6 Å². The van der Waals surface area contributed by atoms with E-state index in [1.54, 1.807) is 0 Å². The van der Waals surface area contributed by atoms with Gasteiger partial charge in [0.1, 0.15) is 5.82 Å². The highest BCUT2D eigenvalue weighted by Gasteiger charge is 2.40. The Morgan fingerprint density at radius 2 is 2.10 bits per heavy atom. The van der Waals surface area contributed by atoms with Gasteiger partial charge in [-0.3, -0.25) is 4.79 Å². The number of rotatable bonds is 3. The highest BCUT2D eigenvalue weighted by atomic mass is 19.2. The van der Waals surface area contributed by atoms with Gasteiger partial charge in [-0.05, 0) is 18.8 Å². The third-order valence-electron chi connectivity index (χ3n) is 4.45. The summed E-state index contributed by atoms with van der Waals surface area (Å²) in [4.78, 5) is 18.6. The number of imidazole rings is 1. The number of nitrogens with one attached hydrogen (secondary N) is 1. The standard InChI is InChI=1S/C15H16F2N2O2/c1-2-7-3-8(9(4-7)15(20)21)14-18-12-5-10(16)11(17)6-13(12)19-14/h5-9H,2-4H2,1H3,(H,18,19)(H,20,21). The van der Waals surface area contributed by atoms with Gasteiger partial charge in [-0.1, -0.05) is 13.3 Å². The first kappa shape index (κ1) is 14.0. The highest BCUT2D eigenvalue weighted by Crippen LogP contribution is 2.44. The van der Waals surface area contributed by atoms with Gasteiger partial charge in [0.05, 0.1) is 17.0 Å². The summed E-state index contributed by atoms with van der Waals surface area (Å²) in [7, 11) is 0. The van der Waals surface area contributed by atoms with Gasteiger partial charge in [0, 0.05) is 18.1 Å². The fraction of sp³-hybridized carbons (Fsp3) is 0.467. The monoisotopic (exact) mass is 294 g/mol. The summed E-state index contributed by atoms with van der Waals surface area (Å²) < 4.78 is 26.5. The average Bonchev–Trinajstić information content (AvgIpc) is 3.02. The predicted octanol–water partition coefficient (Wildman–Crippen LogP) is 3.45. The highest BCUT2D eigenvalue weighted by molar-refractivity contribution is 5.76. The molecular formula is C15H16F2N2O2. The Hall–Kier alpha value is -1.98. The van der Waals surface area contributed by atoms with E-state index in [-0.39, 0.29) is 5.92 Å². The largest absolute Gasteiger partial charge is 0.481 e. The number of aromatic amines is 1. The van der Waals surface area contributed by atoms with Crippen molar-refractivity contribution >= 4 is 17.0 Å². The number of hydrogen-bond acceptors (Lipinski definition) is 2. The van der Waals surface area contributed by atoms with Crippen molar-refractivity contribution in [2.75, 3.05) is 0 Å². The van der Waals surface area contributed by atoms with Crippen molar-refractivity contribution in [1.82, 2.24) is 9.97 Å². The molecule has 2 aromatic rings. The number of benzene rings is 1. The molecule has 21 heavy (non-hydrogen) atoms. The Kier molecular flexibility index (Phi) is 3.39. The maximum atomic E-state index is 13.2. The second-order valence-corrected chi connectivity index (χ2v) is 5.70. The molecule has 0 saturated heterocycles. The quantitative estimate of drug-likeness (QED) is 0.911. The fourth-order valence-corrected chi connectivity index (χ4v) is 3.25. The van der Waals surface area contributed by atoms with Gasteiger partial charge in [0.25, 0.3) is 0 Å². The number of aliphatic carboxylic acids is 1. The molecule has 4 nitrogen and oxygen atoms in total.